The molecule has 0 heterocycles. The van der Waals surface area contributed by atoms with Gasteiger partial charge in [0.15, 0.2) is 0 Å². The first-order valence-corrected chi connectivity index (χ1v) is 7.75. The van der Waals surface area contributed by atoms with Gasteiger partial charge in [-0.05, 0) is 43.3 Å². The third-order valence-electron chi connectivity index (χ3n) is 3.38. The van der Waals surface area contributed by atoms with Crippen LogP contribution in [0.4, 0.5) is 14.5 Å². The second-order valence-corrected chi connectivity index (χ2v) is 5.19. The molecule has 2 N–H and O–H groups in total. The fourth-order valence-corrected chi connectivity index (χ4v) is 2.10. The van der Waals surface area contributed by atoms with E-state index in [0.717, 1.165) is 5.69 Å². The van der Waals surface area contributed by atoms with E-state index in [-0.39, 0.29) is 18.2 Å². The van der Waals surface area contributed by atoms with Crippen LogP contribution < -0.4 is 20.2 Å². The molecule has 138 valence electrons. The van der Waals surface area contributed by atoms with Gasteiger partial charge in [0, 0.05) is 11.3 Å². The summed E-state index contributed by atoms with van der Waals surface area (Å²) in [4.78, 5) is 11.9. The number of methoxy groups -OCH3 is 1. The van der Waals surface area contributed by atoms with Crippen molar-refractivity contribution in [1.82, 2.24) is 5.43 Å². The zero-order valence-corrected chi connectivity index (χ0v) is 14.3. The van der Waals surface area contributed by atoms with Crippen molar-refractivity contribution >= 4 is 17.3 Å². The molecule has 0 saturated heterocycles. The minimum atomic E-state index is -2.94. The number of ether oxygens (including phenoxy) is 2. The number of hydrogen-bond acceptors (Lipinski definition) is 5. The van der Waals surface area contributed by atoms with Crippen LogP contribution in [0.5, 0.6) is 11.5 Å². The summed E-state index contributed by atoms with van der Waals surface area (Å²) in [5, 5.41) is 6.87. The smallest absolute Gasteiger partial charge is 0.387 e. The molecule has 0 radical (unpaired) electrons. The maximum absolute atomic E-state index is 12.4. The van der Waals surface area contributed by atoms with Gasteiger partial charge in [-0.1, -0.05) is 12.1 Å². The summed E-state index contributed by atoms with van der Waals surface area (Å²) in [6.07, 6.45) is 0. The SMILES string of the molecule is COc1ccc(NCC(=O)N/N=C(\C)c2ccccc2OC(F)F)cc1. The predicted octanol–water partition coefficient (Wildman–Crippen LogP) is 3.25. The van der Waals surface area contributed by atoms with Crippen molar-refractivity contribution in [1.29, 1.82) is 0 Å². The Balaban J connectivity index is 1.92. The van der Waals surface area contributed by atoms with Crippen LogP contribution in [0.1, 0.15) is 12.5 Å². The number of carbonyl (C=O) groups excluding carboxylic acids is 1. The number of amides is 1. The maximum Gasteiger partial charge on any atom is 0.387 e. The van der Waals surface area contributed by atoms with E-state index >= 15 is 0 Å². The van der Waals surface area contributed by atoms with Gasteiger partial charge < -0.3 is 14.8 Å². The van der Waals surface area contributed by atoms with E-state index in [4.69, 9.17) is 4.74 Å². The van der Waals surface area contributed by atoms with Crippen molar-refractivity contribution < 1.29 is 23.0 Å². The molecule has 0 aliphatic carbocycles. The summed E-state index contributed by atoms with van der Waals surface area (Å²) in [6.45, 7) is -1.35. The van der Waals surface area contributed by atoms with E-state index in [1.165, 1.54) is 6.07 Å². The summed E-state index contributed by atoms with van der Waals surface area (Å²) in [6, 6.07) is 13.3. The quantitative estimate of drug-likeness (QED) is 0.558. The molecule has 0 aromatic heterocycles. The number of alkyl halides is 2. The first-order chi connectivity index (χ1) is 12.5. The van der Waals surface area contributed by atoms with E-state index < -0.39 is 6.61 Å². The van der Waals surface area contributed by atoms with Gasteiger partial charge in [-0.25, -0.2) is 5.43 Å². The number of anilines is 1. The lowest BCUT2D eigenvalue weighted by Gasteiger charge is -2.10. The van der Waals surface area contributed by atoms with E-state index in [1.54, 1.807) is 56.5 Å². The van der Waals surface area contributed by atoms with Gasteiger partial charge in [0.25, 0.3) is 5.91 Å². The largest absolute Gasteiger partial charge is 0.497 e. The number of hydrogen-bond donors (Lipinski definition) is 2. The first kappa shape index (κ1) is 19.2. The zero-order chi connectivity index (χ0) is 18.9. The summed E-state index contributed by atoms with van der Waals surface area (Å²) in [5.41, 5.74) is 3.84. The molecule has 0 aliphatic heterocycles. The Hall–Kier alpha value is -3.16. The van der Waals surface area contributed by atoms with E-state index in [2.05, 4.69) is 20.6 Å². The molecule has 2 rings (SSSR count). The Bertz CT molecular complexity index is 765. The van der Waals surface area contributed by atoms with Crippen molar-refractivity contribution in [3.05, 3.63) is 54.1 Å². The van der Waals surface area contributed by atoms with Crippen LogP contribution >= 0.6 is 0 Å². The number of benzene rings is 2. The second-order valence-electron chi connectivity index (χ2n) is 5.19. The van der Waals surface area contributed by atoms with Crippen molar-refractivity contribution in [3.63, 3.8) is 0 Å². The molecule has 0 unspecified atom stereocenters. The lowest BCUT2D eigenvalue weighted by atomic mass is 10.1. The molecule has 0 atom stereocenters. The molecule has 0 bridgehead atoms. The van der Waals surface area contributed by atoms with Crippen LogP contribution in [-0.4, -0.2) is 31.9 Å². The van der Waals surface area contributed by atoms with Gasteiger partial charge >= 0.3 is 6.61 Å². The first-order valence-electron chi connectivity index (χ1n) is 7.75. The minimum absolute atomic E-state index is 0.00170. The summed E-state index contributed by atoms with van der Waals surface area (Å²) in [5.74, 6) is 0.326. The van der Waals surface area contributed by atoms with Crippen LogP contribution in [0.2, 0.25) is 0 Å². The molecule has 1 amide bonds. The molecule has 0 fully saturated rings. The van der Waals surface area contributed by atoms with Gasteiger partial charge in [0.05, 0.1) is 19.4 Å². The molecule has 0 saturated carbocycles. The second kappa shape index (κ2) is 9.36. The Labute approximate surface area is 149 Å². The highest BCUT2D eigenvalue weighted by Gasteiger charge is 2.11. The van der Waals surface area contributed by atoms with E-state index in [1.807, 2.05) is 0 Å². The Morgan fingerprint density at radius 2 is 1.85 bits per heavy atom. The average molecular weight is 363 g/mol. The lowest BCUT2D eigenvalue weighted by Crippen LogP contribution is -2.26. The van der Waals surface area contributed by atoms with Gasteiger partial charge in [-0.2, -0.15) is 13.9 Å². The monoisotopic (exact) mass is 363 g/mol. The number of hydrazone groups is 1. The highest BCUT2D eigenvalue weighted by molar-refractivity contribution is 6.01. The number of para-hydroxylation sites is 1. The fraction of sp³-hybridized carbons (Fsp3) is 0.222. The van der Waals surface area contributed by atoms with Crippen LogP contribution in [0.25, 0.3) is 0 Å². The van der Waals surface area contributed by atoms with Crippen LogP contribution in [-0.2, 0) is 4.79 Å². The number of halogens is 2. The number of nitrogens with zero attached hydrogens (tertiary/aromatic N) is 1. The van der Waals surface area contributed by atoms with E-state index in [9.17, 15) is 13.6 Å². The number of carbonyl (C=O) groups is 1. The molecule has 26 heavy (non-hydrogen) atoms. The maximum atomic E-state index is 12.4. The van der Waals surface area contributed by atoms with Crippen molar-refractivity contribution in [3.8, 4) is 11.5 Å². The van der Waals surface area contributed by atoms with Gasteiger partial charge in [0.1, 0.15) is 11.5 Å². The van der Waals surface area contributed by atoms with Crippen molar-refractivity contribution in [2.75, 3.05) is 19.0 Å². The lowest BCUT2D eigenvalue weighted by molar-refractivity contribution is -0.119. The average Bonchev–Trinajstić information content (AvgIpc) is 2.64. The molecular formula is C18H19F2N3O3. The normalized spacial score (nSPS) is 11.2. The third-order valence-corrected chi connectivity index (χ3v) is 3.38. The Morgan fingerprint density at radius 3 is 2.50 bits per heavy atom. The minimum Gasteiger partial charge on any atom is -0.497 e. The van der Waals surface area contributed by atoms with Crippen LogP contribution in [0, 0.1) is 0 Å². The van der Waals surface area contributed by atoms with Gasteiger partial charge in [0.2, 0.25) is 0 Å². The van der Waals surface area contributed by atoms with Crippen molar-refractivity contribution in [2.24, 2.45) is 5.10 Å². The molecule has 8 heteroatoms. The number of rotatable bonds is 8. The summed E-state index contributed by atoms with van der Waals surface area (Å²) in [7, 11) is 1.57. The van der Waals surface area contributed by atoms with Crippen molar-refractivity contribution in [2.45, 2.75) is 13.5 Å². The predicted molar refractivity (Wildman–Crippen MR) is 94.9 cm³/mol. The topological polar surface area (TPSA) is 72.0 Å². The fourth-order valence-electron chi connectivity index (χ4n) is 2.10. The van der Waals surface area contributed by atoms with Gasteiger partial charge in [-0.15, -0.1) is 0 Å². The van der Waals surface area contributed by atoms with Gasteiger partial charge in [-0.3, -0.25) is 4.79 Å². The van der Waals surface area contributed by atoms with E-state index in [0.29, 0.717) is 17.0 Å². The number of nitrogens with one attached hydrogen (secondary N) is 2. The molecule has 2 aromatic rings. The summed E-state index contributed by atoms with van der Waals surface area (Å²) < 4.78 is 34.4. The molecule has 0 spiro atoms. The molecule has 6 nitrogen and oxygen atoms in total. The highest BCUT2D eigenvalue weighted by Crippen LogP contribution is 2.20. The Morgan fingerprint density at radius 1 is 1.15 bits per heavy atom. The van der Waals surface area contributed by atoms with Crippen LogP contribution in [0.15, 0.2) is 53.6 Å². The zero-order valence-electron chi connectivity index (χ0n) is 14.3. The summed E-state index contributed by atoms with van der Waals surface area (Å²) >= 11 is 0. The molecule has 0 aliphatic rings. The molecular weight excluding hydrogens is 344 g/mol. The standard InChI is InChI=1S/C18H19F2N3O3/c1-12(15-5-3-4-6-16(15)26-18(19)20)22-23-17(24)11-21-13-7-9-14(25-2)10-8-13/h3-10,18,21H,11H2,1-2H3,(H,23,24)/b22-12+. The molecule has 2 aromatic carbocycles. The Kier molecular flexibility index (Phi) is 6.90. The van der Waals surface area contributed by atoms with Crippen LogP contribution in [0.3, 0.4) is 0 Å². The third kappa shape index (κ3) is 5.73. The highest BCUT2D eigenvalue weighted by atomic mass is 19.3.